The molecule has 1 aliphatic rings. The van der Waals surface area contributed by atoms with Crippen molar-refractivity contribution < 1.29 is 9.84 Å². The van der Waals surface area contributed by atoms with Gasteiger partial charge < -0.3 is 15.2 Å². The first kappa shape index (κ1) is 18.1. The lowest BCUT2D eigenvalue weighted by Crippen LogP contribution is -2.36. The fourth-order valence-corrected chi connectivity index (χ4v) is 4.64. The van der Waals surface area contributed by atoms with Crippen LogP contribution in [0.5, 0.6) is 11.5 Å². The molecule has 0 saturated heterocycles. The summed E-state index contributed by atoms with van der Waals surface area (Å²) in [5, 5.41) is 21.3. The van der Waals surface area contributed by atoms with E-state index in [0.717, 1.165) is 57.9 Å². The summed E-state index contributed by atoms with van der Waals surface area (Å²) in [5.74, 6) is 1.45. The molecule has 1 aromatic carbocycles. The van der Waals surface area contributed by atoms with E-state index >= 15 is 0 Å². The lowest BCUT2D eigenvalue weighted by molar-refractivity contribution is 0.116. The van der Waals surface area contributed by atoms with Crippen LogP contribution in [0.25, 0.3) is 21.3 Å². The maximum absolute atomic E-state index is 10.2. The first-order valence-corrected chi connectivity index (χ1v) is 10.5. The Labute approximate surface area is 171 Å². The van der Waals surface area contributed by atoms with E-state index in [-0.39, 0.29) is 12.1 Å². The van der Waals surface area contributed by atoms with Gasteiger partial charge in [-0.1, -0.05) is 24.2 Å². The summed E-state index contributed by atoms with van der Waals surface area (Å²) in [4.78, 5) is 8.87. The third kappa shape index (κ3) is 3.81. The molecule has 0 spiro atoms. The molecule has 3 heterocycles. The number of anilines is 1. The molecule has 8 heteroatoms. The number of hydrogen-bond donors (Lipinski definition) is 3. The fraction of sp³-hybridized carbons (Fsp3) is 0.286. The SMILES string of the molecule is O[C@@H]1CCCCC1Nc1nc2ccc(Oc3ccncc3-c3cn[nH]c3)cc2s1. The van der Waals surface area contributed by atoms with Crippen LogP contribution >= 0.6 is 11.3 Å². The Morgan fingerprint density at radius 1 is 1.17 bits per heavy atom. The number of nitrogens with one attached hydrogen (secondary N) is 2. The van der Waals surface area contributed by atoms with E-state index in [1.165, 1.54) is 0 Å². The highest BCUT2D eigenvalue weighted by molar-refractivity contribution is 7.22. The molecule has 1 unspecified atom stereocenters. The maximum Gasteiger partial charge on any atom is 0.184 e. The third-order valence-corrected chi connectivity index (χ3v) is 6.17. The quantitative estimate of drug-likeness (QED) is 0.448. The van der Waals surface area contributed by atoms with Crippen molar-refractivity contribution in [2.45, 2.75) is 37.8 Å². The normalized spacial score (nSPS) is 19.3. The number of aliphatic hydroxyl groups is 1. The number of benzene rings is 1. The standard InChI is InChI=1S/C21H21N5O2S/c27-18-4-2-1-3-16(18)25-21-26-17-6-5-14(9-20(17)29-21)28-19-7-8-22-12-15(19)13-10-23-24-11-13/h5-12,16,18,27H,1-4H2,(H,23,24)(H,25,26)/t16?,18-/m1/s1. The Kier molecular flexibility index (Phi) is 4.87. The Bertz CT molecular complexity index is 1110. The molecule has 2 atom stereocenters. The van der Waals surface area contributed by atoms with Crippen molar-refractivity contribution in [3.63, 3.8) is 0 Å². The van der Waals surface area contributed by atoms with Crippen molar-refractivity contribution in [1.29, 1.82) is 0 Å². The summed E-state index contributed by atoms with van der Waals surface area (Å²) in [7, 11) is 0. The summed E-state index contributed by atoms with van der Waals surface area (Å²) in [5.41, 5.74) is 2.71. The summed E-state index contributed by atoms with van der Waals surface area (Å²) in [6.07, 6.45) is 10.8. The van der Waals surface area contributed by atoms with E-state index in [0.29, 0.717) is 5.75 Å². The number of nitrogens with zero attached hydrogens (tertiary/aromatic N) is 3. The van der Waals surface area contributed by atoms with Crippen molar-refractivity contribution in [3.8, 4) is 22.6 Å². The monoisotopic (exact) mass is 407 g/mol. The largest absolute Gasteiger partial charge is 0.457 e. The number of hydrogen-bond acceptors (Lipinski definition) is 7. The van der Waals surface area contributed by atoms with Gasteiger partial charge in [0.2, 0.25) is 0 Å². The molecular formula is C21H21N5O2S. The van der Waals surface area contributed by atoms with Gasteiger partial charge in [0.15, 0.2) is 5.13 Å². The number of aromatic nitrogens is 4. The van der Waals surface area contributed by atoms with Gasteiger partial charge in [0.25, 0.3) is 0 Å². The number of fused-ring (bicyclic) bond motifs is 1. The number of rotatable bonds is 5. The van der Waals surface area contributed by atoms with Crippen LogP contribution in [0.2, 0.25) is 0 Å². The Hall–Kier alpha value is -2.97. The molecule has 4 aromatic rings. The molecule has 0 aliphatic heterocycles. The fourth-order valence-electron chi connectivity index (χ4n) is 3.68. The van der Waals surface area contributed by atoms with Crippen molar-refractivity contribution in [1.82, 2.24) is 20.2 Å². The van der Waals surface area contributed by atoms with Crippen LogP contribution in [0.1, 0.15) is 25.7 Å². The van der Waals surface area contributed by atoms with Gasteiger partial charge in [0.05, 0.1) is 28.6 Å². The Balaban J connectivity index is 1.38. The first-order chi connectivity index (χ1) is 14.3. The predicted molar refractivity (Wildman–Crippen MR) is 113 cm³/mol. The number of ether oxygens (including phenoxy) is 1. The number of pyridine rings is 1. The smallest absolute Gasteiger partial charge is 0.184 e. The molecule has 1 aliphatic carbocycles. The molecule has 1 saturated carbocycles. The van der Waals surface area contributed by atoms with Crippen molar-refractivity contribution >= 4 is 26.7 Å². The van der Waals surface area contributed by atoms with Gasteiger partial charge in [-0.2, -0.15) is 5.10 Å². The molecule has 0 bridgehead atoms. The molecule has 0 radical (unpaired) electrons. The van der Waals surface area contributed by atoms with Gasteiger partial charge in [-0.05, 0) is 31.0 Å². The molecule has 3 aromatic heterocycles. The number of thiazole rings is 1. The Morgan fingerprint density at radius 2 is 2.10 bits per heavy atom. The van der Waals surface area contributed by atoms with Crippen LogP contribution < -0.4 is 10.1 Å². The summed E-state index contributed by atoms with van der Waals surface area (Å²) in [6.45, 7) is 0. The van der Waals surface area contributed by atoms with E-state index in [1.807, 2.05) is 30.5 Å². The average molecular weight is 407 g/mol. The van der Waals surface area contributed by atoms with Gasteiger partial charge in [-0.25, -0.2) is 4.98 Å². The highest BCUT2D eigenvalue weighted by atomic mass is 32.1. The summed E-state index contributed by atoms with van der Waals surface area (Å²) >= 11 is 1.58. The van der Waals surface area contributed by atoms with Crippen LogP contribution in [0.15, 0.2) is 49.1 Å². The molecular weight excluding hydrogens is 386 g/mol. The van der Waals surface area contributed by atoms with Crippen LogP contribution in [0, 0.1) is 0 Å². The van der Waals surface area contributed by atoms with Crippen LogP contribution in [0.4, 0.5) is 5.13 Å². The molecule has 148 valence electrons. The molecule has 1 fully saturated rings. The second-order valence-electron chi connectivity index (χ2n) is 7.21. The van der Waals surface area contributed by atoms with E-state index in [1.54, 1.807) is 29.9 Å². The van der Waals surface area contributed by atoms with Gasteiger partial charge in [0, 0.05) is 35.8 Å². The van der Waals surface area contributed by atoms with Crippen molar-refractivity contribution in [2.75, 3.05) is 5.32 Å². The second-order valence-corrected chi connectivity index (χ2v) is 8.24. The second kappa shape index (κ2) is 7.81. The van der Waals surface area contributed by atoms with Crippen LogP contribution in [-0.4, -0.2) is 37.4 Å². The van der Waals surface area contributed by atoms with E-state index in [2.05, 4.69) is 25.5 Å². The minimum Gasteiger partial charge on any atom is -0.457 e. The van der Waals surface area contributed by atoms with Gasteiger partial charge in [-0.15, -0.1) is 0 Å². The lowest BCUT2D eigenvalue weighted by Gasteiger charge is -2.27. The molecule has 3 N–H and O–H groups in total. The van der Waals surface area contributed by atoms with E-state index in [4.69, 9.17) is 4.74 Å². The van der Waals surface area contributed by atoms with Gasteiger partial charge in [0.1, 0.15) is 11.5 Å². The van der Waals surface area contributed by atoms with Gasteiger partial charge in [-0.3, -0.25) is 10.1 Å². The number of aromatic amines is 1. The number of aliphatic hydroxyl groups excluding tert-OH is 1. The average Bonchev–Trinajstić information content (AvgIpc) is 3.39. The molecule has 5 rings (SSSR count). The highest BCUT2D eigenvalue weighted by Crippen LogP contribution is 2.35. The minimum absolute atomic E-state index is 0.0781. The Morgan fingerprint density at radius 3 is 2.97 bits per heavy atom. The van der Waals surface area contributed by atoms with E-state index in [9.17, 15) is 5.11 Å². The first-order valence-electron chi connectivity index (χ1n) is 9.72. The summed E-state index contributed by atoms with van der Waals surface area (Å²) < 4.78 is 7.19. The zero-order valence-electron chi connectivity index (χ0n) is 15.7. The maximum atomic E-state index is 10.2. The lowest BCUT2D eigenvalue weighted by atomic mass is 9.93. The highest BCUT2D eigenvalue weighted by Gasteiger charge is 2.23. The topological polar surface area (TPSA) is 95.9 Å². The molecule has 0 amide bonds. The third-order valence-electron chi connectivity index (χ3n) is 5.22. The van der Waals surface area contributed by atoms with Crippen molar-refractivity contribution in [3.05, 3.63) is 49.1 Å². The zero-order valence-corrected chi connectivity index (χ0v) is 16.5. The predicted octanol–water partition coefficient (Wildman–Crippen LogP) is 4.59. The van der Waals surface area contributed by atoms with Gasteiger partial charge >= 0.3 is 0 Å². The van der Waals surface area contributed by atoms with Crippen LogP contribution in [-0.2, 0) is 0 Å². The molecule has 7 nitrogen and oxygen atoms in total. The zero-order chi connectivity index (χ0) is 19.6. The summed E-state index contributed by atoms with van der Waals surface area (Å²) in [6, 6.07) is 7.80. The number of H-pyrrole nitrogens is 1. The van der Waals surface area contributed by atoms with E-state index < -0.39 is 0 Å². The van der Waals surface area contributed by atoms with Crippen LogP contribution in [0.3, 0.4) is 0 Å². The molecule has 29 heavy (non-hydrogen) atoms. The minimum atomic E-state index is -0.303. The van der Waals surface area contributed by atoms with Crippen molar-refractivity contribution in [2.24, 2.45) is 0 Å².